The molecule has 0 radical (unpaired) electrons. The SMILES string of the molecule is Cc1ccc(NC(=O)[C@@H]2CCCN2C(=O)c2cccs2)c(Cl)c1. The first-order valence-corrected chi connectivity index (χ1v) is 8.73. The largest absolute Gasteiger partial charge is 0.326 e. The molecule has 1 aromatic heterocycles. The number of aryl methyl sites for hydroxylation is 1. The van der Waals surface area contributed by atoms with Crippen molar-refractivity contribution < 1.29 is 9.59 Å². The van der Waals surface area contributed by atoms with Crippen molar-refractivity contribution in [1.29, 1.82) is 0 Å². The van der Waals surface area contributed by atoms with Gasteiger partial charge in [-0.25, -0.2) is 0 Å². The van der Waals surface area contributed by atoms with Gasteiger partial charge in [-0.05, 0) is 48.9 Å². The number of amides is 2. The summed E-state index contributed by atoms with van der Waals surface area (Å²) in [6.07, 6.45) is 1.50. The Bertz CT molecular complexity index is 730. The molecule has 1 saturated heterocycles. The molecule has 0 bridgehead atoms. The summed E-state index contributed by atoms with van der Waals surface area (Å²) >= 11 is 7.56. The highest BCUT2D eigenvalue weighted by atomic mass is 35.5. The lowest BCUT2D eigenvalue weighted by molar-refractivity contribution is -0.119. The van der Waals surface area contributed by atoms with Crippen LogP contribution >= 0.6 is 22.9 Å². The minimum atomic E-state index is -0.443. The molecule has 2 amide bonds. The van der Waals surface area contributed by atoms with E-state index in [1.54, 1.807) is 23.1 Å². The van der Waals surface area contributed by atoms with Crippen LogP contribution in [0.5, 0.6) is 0 Å². The predicted octanol–water partition coefficient (Wildman–Crippen LogP) is 3.95. The van der Waals surface area contributed by atoms with Crippen LogP contribution in [0.1, 0.15) is 28.1 Å². The molecule has 3 rings (SSSR count). The van der Waals surface area contributed by atoms with E-state index in [-0.39, 0.29) is 11.8 Å². The molecular weight excluding hydrogens is 332 g/mol. The van der Waals surface area contributed by atoms with Crippen LogP contribution in [0.3, 0.4) is 0 Å². The van der Waals surface area contributed by atoms with Gasteiger partial charge in [0.15, 0.2) is 0 Å². The molecule has 1 aromatic carbocycles. The zero-order chi connectivity index (χ0) is 16.4. The van der Waals surface area contributed by atoms with Crippen molar-refractivity contribution in [3.8, 4) is 0 Å². The van der Waals surface area contributed by atoms with Gasteiger partial charge in [0.2, 0.25) is 5.91 Å². The lowest BCUT2D eigenvalue weighted by Crippen LogP contribution is -2.43. The third kappa shape index (κ3) is 3.41. The van der Waals surface area contributed by atoms with Gasteiger partial charge in [-0.2, -0.15) is 0 Å². The van der Waals surface area contributed by atoms with Crippen LogP contribution in [0.25, 0.3) is 0 Å². The zero-order valence-corrected chi connectivity index (χ0v) is 14.3. The number of likely N-dealkylation sites (tertiary alicyclic amines) is 1. The number of nitrogens with one attached hydrogen (secondary N) is 1. The van der Waals surface area contributed by atoms with Crippen molar-refractivity contribution in [3.63, 3.8) is 0 Å². The van der Waals surface area contributed by atoms with E-state index < -0.39 is 6.04 Å². The molecule has 2 aromatic rings. The van der Waals surface area contributed by atoms with E-state index in [0.29, 0.717) is 28.6 Å². The summed E-state index contributed by atoms with van der Waals surface area (Å²) in [6, 6.07) is 8.68. The van der Waals surface area contributed by atoms with Gasteiger partial charge in [0.05, 0.1) is 15.6 Å². The molecule has 1 atom stereocenters. The molecule has 1 N–H and O–H groups in total. The Morgan fingerprint density at radius 1 is 1.35 bits per heavy atom. The van der Waals surface area contributed by atoms with E-state index >= 15 is 0 Å². The predicted molar refractivity (Wildman–Crippen MR) is 93.2 cm³/mol. The number of anilines is 1. The van der Waals surface area contributed by atoms with E-state index in [4.69, 9.17) is 11.6 Å². The number of rotatable bonds is 3. The maximum atomic E-state index is 12.6. The Kier molecular flexibility index (Phi) is 4.68. The van der Waals surface area contributed by atoms with Crippen molar-refractivity contribution >= 4 is 40.4 Å². The molecule has 0 spiro atoms. The van der Waals surface area contributed by atoms with Gasteiger partial charge < -0.3 is 10.2 Å². The first-order valence-electron chi connectivity index (χ1n) is 7.48. The molecule has 0 aliphatic carbocycles. The van der Waals surface area contributed by atoms with Crippen molar-refractivity contribution in [3.05, 3.63) is 51.2 Å². The Morgan fingerprint density at radius 2 is 2.17 bits per heavy atom. The minimum Gasteiger partial charge on any atom is -0.326 e. The van der Waals surface area contributed by atoms with E-state index in [1.165, 1.54) is 11.3 Å². The van der Waals surface area contributed by atoms with Gasteiger partial charge in [-0.3, -0.25) is 9.59 Å². The first kappa shape index (κ1) is 16.0. The van der Waals surface area contributed by atoms with Gasteiger partial charge >= 0.3 is 0 Å². The third-order valence-corrected chi connectivity index (χ3v) is 5.10. The molecule has 0 unspecified atom stereocenters. The number of halogens is 1. The molecule has 23 heavy (non-hydrogen) atoms. The topological polar surface area (TPSA) is 49.4 Å². The summed E-state index contributed by atoms with van der Waals surface area (Å²) in [7, 11) is 0. The van der Waals surface area contributed by atoms with Gasteiger partial charge in [0.25, 0.3) is 5.91 Å². The standard InChI is InChI=1S/C17H17ClN2O2S/c1-11-6-7-13(12(18)10-11)19-16(21)14-4-2-8-20(14)17(22)15-5-3-9-23-15/h3,5-7,9-10,14H,2,4,8H2,1H3,(H,19,21)/t14-/m0/s1. The average Bonchev–Trinajstić information content (AvgIpc) is 3.20. The monoisotopic (exact) mass is 348 g/mol. The van der Waals surface area contributed by atoms with Gasteiger partial charge in [0, 0.05) is 6.54 Å². The number of carbonyl (C=O) groups is 2. The van der Waals surface area contributed by atoms with Crippen LogP contribution in [0.2, 0.25) is 5.02 Å². The average molecular weight is 349 g/mol. The van der Waals surface area contributed by atoms with Crippen molar-refractivity contribution in [2.75, 3.05) is 11.9 Å². The maximum absolute atomic E-state index is 12.6. The number of thiophene rings is 1. The summed E-state index contributed by atoms with van der Waals surface area (Å²) in [5.41, 5.74) is 1.61. The minimum absolute atomic E-state index is 0.0762. The summed E-state index contributed by atoms with van der Waals surface area (Å²) in [5, 5.41) is 5.22. The van der Waals surface area contributed by atoms with Gasteiger partial charge in [-0.15, -0.1) is 11.3 Å². The van der Waals surface area contributed by atoms with E-state index in [1.807, 2.05) is 24.4 Å². The quantitative estimate of drug-likeness (QED) is 0.912. The van der Waals surface area contributed by atoms with Crippen LogP contribution in [0.4, 0.5) is 5.69 Å². The van der Waals surface area contributed by atoms with Crippen molar-refractivity contribution in [2.24, 2.45) is 0 Å². The molecule has 6 heteroatoms. The van der Waals surface area contributed by atoms with Crippen LogP contribution in [-0.4, -0.2) is 29.3 Å². The summed E-state index contributed by atoms with van der Waals surface area (Å²) in [6.45, 7) is 2.55. The summed E-state index contributed by atoms with van der Waals surface area (Å²) in [5.74, 6) is -0.259. The highest BCUT2D eigenvalue weighted by molar-refractivity contribution is 7.12. The molecule has 2 heterocycles. The lowest BCUT2D eigenvalue weighted by atomic mass is 10.2. The molecule has 1 aliphatic rings. The highest BCUT2D eigenvalue weighted by Crippen LogP contribution is 2.26. The second-order valence-electron chi connectivity index (χ2n) is 5.61. The third-order valence-electron chi connectivity index (χ3n) is 3.93. The van der Waals surface area contributed by atoms with E-state index in [0.717, 1.165) is 12.0 Å². The van der Waals surface area contributed by atoms with Crippen LogP contribution < -0.4 is 5.32 Å². The second kappa shape index (κ2) is 6.72. The second-order valence-corrected chi connectivity index (χ2v) is 6.96. The van der Waals surface area contributed by atoms with Crippen LogP contribution in [0, 0.1) is 6.92 Å². The zero-order valence-electron chi connectivity index (χ0n) is 12.7. The fourth-order valence-corrected chi connectivity index (χ4v) is 3.72. The van der Waals surface area contributed by atoms with E-state index in [9.17, 15) is 9.59 Å². The summed E-state index contributed by atoms with van der Waals surface area (Å²) in [4.78, 5) is 27.4. The fraction of sp³-hybridized carbons (Fsp3) is 0.294. The Hall–Kier alpha value is -1.85. The fourth-order valence-electron chi connectivity index (χ4n) is 2.76. The van der Waals surface area contributed by atoms with E-state index in [2.05, 4.69) is 5.32 Å². The van der Waals surface area contributed by atoms with Crippen LogP contribution in [0.15, 0.2) is 35.7 Å². The van der Waals surface area contributed by atoms with Crippen LogP contribution in [-0.2, 0) is 4.79 Å². The number of hydrogen-bond donors (Lipinski definition) is 1. The Morgan fingerprint density at radius 3 is 2.87 bits per heavy atom. The normalized spacial score (nSPS) is 17.3. The molecule has 0 saturated carbocycles. The Labute approximate surface area is 144 Å². The van der Waals surface area contributed by atoms with Gasteiger partial charge in [0.1, 0.15) is 6.04 Å². The Balaban J connectivity index is 1.74. The van der Waals surface area contributed by atoms with Crippen molar-refractivity contribution in [1.82, 2.24) is 4.90 Å². The molecule has 120 valence electrons. The molecular formula is C17H17ClN2O2S. The molecule has 4 nitrogen and oxygen atoms in total. The maximum Gasteiger partial charge on any atom is 0.264 e. The number of benzene rings is 1. The number of carbonyl (C=O) groups excluding carboxylic acids is 2. The van der Waals surface area contributed by atoms with Crippen molar-refractivity contribution in [2.45, 2.75) is 25.8 Å². The number of hydrogen-bond acceptors (Lipinski definition) is 3. The first-order chi connectivity index (χ1) is 11.1. The summed E-state index contributed by atoms with van der Waals surface area (Å²) < 4.78 is 0. The highest BCUT2D eigenvalue weighted by Gasteiger charge is 2.35. The molecule has 1 fully saturated rings. The number of nitrogens with zero attached hydrogens (tertiary/aromatic N) is 1. The lowest BCUT2D eigenvalue weighted by Gasteiger charge is -2.23. The van der Waals surface area contributed by atoms with Gasteiger partial charge in [-0.1, -0.05) is 23.7 Å². The smallest absolute Gasteiger partial charge is 0.264 e. The molecule has 1 aliphatic heterocycles.